The third-order valence-corrected chi connectivity index (χ3v) is 2.31. The molecule has 1 N–H and O–H groups in total. The SMILES string of the molecule is CC(C)CCCOCC(C)(C#N)NC(C)C. The van der Waals surface area contributed by atoms with Gasteiger partial charge in [0.2, 0.25) is 0 Å². The third kappa shape index (κ3) is 7.67. The van der Waals surface area contributed by atoms with Crippen LogP contribution in [-0.2, 0) is 4.74 Å². The summed E-state index contributed by atoms with van der Waals surface area (Å²) in [4.78, 5) is 0. The minimum absolute atomic E-state index is 0.295. The first-order valence-corrected chi connectivity index (χ1v) is 6.16. The Hall–Kier alpha value is -0.590. The van der Waals surface area contributed by atoms with Gasteiger partial charge in [-0.3, -0.25) is 5.32 Å². The second kappa shape index (κ2) is 7.65. The van der Waals surface area contributed by atoms with Crippen LogP contribution < -0.4 is 5.32 Å². The minimum Gasteiger partial charge on any atom is -0.378 e. The number of rotatable bonds is 8. The summed E-state index contributed by atoms with van der Waals surface area (Å²) in [5.74, 6) is 0.722. The van der Waals surface area contributed by atoms with E-state index in [9.17, 15) is 0 Å². The van der Waals surface area contributed by atoms with Gasteiger partial charge in [-0.2, -0.15) is 5.26 Å². The fourth-order valence-corrected chi connectivity index (χ4v) is 1.61. The van der Waals surface area contributed by atoms with Crippen LogP contribution in [0, 0.1) is 17.2 Å². The Morgan fingerprint density at radius 3 is 2.38 bits per heavy atom. The van der Waals surface area contributed by atoms with Crippen LogP contribution in [0.15, 0.2) is 0 Å². The number of hydrogen-bond acceptors (Lipinski definition) is 3. The molecule has 3 nitrogen and oxygen atoms in total. The Bertz CT molecular complexity index is 220. The highest BCUT2D eigenvalue weighted by molar-refractivity contribution is 5.04. The summed E-state index contributed by atoms with van der Waals surface area (Å²) < 4.78 is 5.56. The Kier molecular flexibility index (Phi) is 7.36. The smallest absolute Gasteiger partial charge is 0.127 e. The van der Waals surface area contributed by atoms with E-state index in [0.717, 1.165) is 18.9 Å². The lowest BCUT2D eigenvalue weighted by atomic mass is 10.1. The van der Waals surface area contributed by atoms with E-state index in [0.29, 0.717) is 12.6 Å². The maximum atomic E-state index is 9.09. The summed E-state index contributed by atoms with van der Waals surface area (Å²) in [6, 6.07) is 2.57. The van der Waals surface area contributed by atoms with Crippen molar-refractivity contribution < 1.29 is 4.74 Å². The van der Waals surface area contributed by atoms with Crippen molar-refractivity contribution in [3.8, 4) is 6.07 Å². The van der Waals surface area contributed by atoms with Crippen molar-refractivity contribution in [1.82, 2.24) is 5.32 Å². The molecule has 0 spiro atoms. The molecule has 0 fully saturated rings. The first-order chi connectivity index (χ1) is 7.39. The average molecular weight is 226 g/mol. The van der Waals surface area contributed by atoms with Crippen LogP contribution in [0.3, 0.4) is 0 Å². The van der Waals surface area contributed by atoms with Gasteiger partial charge in [0.1, 0.15) is 5.54 Å². The van der Waals surface area contributed by atoms with Crippen LogP contribution in [-0.4, -0.2) is 24.8 Å². The fraction of sp³-hybridized carbons (Fsp3) is 0.923. The molecule has 0 aromatic carbocycles. The lowest BCUT2D eigenvalue weighted by Gasteiger charge is -2.25. The van der Waals surface area contributed by atoms with E-state index in [4.69, 9.17) is 10.00 Å². The van der Waals surface area contributed by atoms with E-state index >= 15 is 0 Å². The predicted molar refractivity (Wildman–Crippen MR) is 67.2 cm³/mol. The van der Waals surface area contributed by atoms with Crippen LogP contribution in [0.5, 0.6) is 0 Å². The summed E-state index contributed by atoms with van der Waals surface area (Å²) in [6.07, 6.45) is 2.25. The Morgan fingerprint density at radius 1 is 1.31 bits per heavy atom. The van der Waals surface area contributed by atoms with E-state index in [1.807, 2.05) is 20.8 Å². The monoisotopic (exact) mass is 226 g/mol. The van der Waals surface area contributed by atoms with Gasteiger partial charge in [-0.25, -0.2) is 0 Å². The van der Waals surface area contributed by atoms with Gasteiger partial charge in [-0.1, -0.05) is 13.8 Å². The topological polar surface area (TPSA) is 45.0 Å². The molecular formula is C13H26N2O. The molecule has 0 aliphatic carbocycles. The van der Waals surface area contributed by atoms with Crippen molar-refractivity contribution in [3.05, 3.63) is 0 Å². The number of nitriles is 1. The zero-order valence-corrected chi connectivity index (χ0v) is 11.3. The van der Waals surface area contributed by atoms with Gasteiger partial charge >= 0.3 is 0 Å². The number of nitrogens with zero attached hydrogens (tertiary/aromatic N) is 1. The fourth-order valence-electron chi connectivity index (χ4n) is 1.61. The normalized spacial score (nSPS) is 15.1. The Labute approximate surface area is 100 Å². The molecule has 0 radical (unpaired) electrons. The van der Waals surface area contributed by atoms with Crippen molar-refractivity contribution in [3.63, 3.8) is 0 Å². The van der Waals surface area contributed by atoms with Crippen molar-refractivity contribution in [2.75, 3.05) is 13.2 Å². The molecule has 16 heavy (non-hydrogen) atoms. The van der Waals surface area contributed by atoms with Crippen molar-refractivity contribution in [2.24, 2.45) is 5.92 Å². The Morgan fingerprint density at radius 2 is 1.94 bits per heavy atom. The second-order valence-electron chi connectivity index (χ2n) is 5.33. The maximum absolute atomic E-state index is 9.09. The van der Waals surface area contributed by atoms with Gasteiger partial charge in [-0.05, 0) is 39.5 Å². The lowest BCUT2D eigenvalue weighted by Crippen LogP contribution is -2.48. The molecule has 0 amide bonds. The van der Waals surface area contributed by atoms with Crippen molar-refractivity contribution in [2.45, 2.75) is 59.0 Å². The number of ether oxygens (including phenoxy) is 1. The highest BCUT2D eigenvalue weighted by Gasteiger charge is 2.24. The van der Waals surface area contributed by atoms with E-state index in [-0.39, 0.29) is 0 Å². The molecule has 0 rings (SSSR count). The molecule has 0 saturated carbocycles. The Balaban J connectivity index is 3.75. The quantitative estimate of drug-likeness (QED) is 0.647. The molecule has 0 aliphatic rings. The predicted octanol–water partition coefficient (Wildman–Crippen LogP) is 2.72. The summed E-state index contributed by atoms with van der Waals surface area (Å²) in [6.45, 7) is 11.6. The highest BCUT2D eigenvalue weighted by atomic mass is 16.5. The largest absolute Gasteiger partial charge is 0.378 e. The summed E-state index contributed by atoms with van der Waals surface area (Å²) >= 11 is 0. The zero-order valence-electron chi connectivity index (χ0n) is 11.3. The van der Waals surface area contributed by atoms with Crippen LogP contribution >= 0.6 is 0 Å². The summed E-state index contributed by atoms with van der Waals surface area (Å²) in [5, 5.41) is 12.3. The van der Waals surface area contributed by atoms with Crippen LogP contribution in [0.4, 0.5) is 0 Å². The van der Waals surface area contributed by atoms with Gasteiger partial charge in [0.15, 0.2) is 0 Å². The van der Waals surface area contributed by atoms with Crippen molar-refractivity contribution in [1.29, 1.82) is 5.26 Å². The van der Waals surface area contributed by atoms with Gasteiger partial charge < -0.3 is 4.74 Å². The third-order valence-electron chi connectivity index (χ3n) is 2.31. The standard InChI is InChI=1S/C13H26N2O/c1-11(2)7-6-8-16-10-13(5,9-14)15-12(3)4/h11-12,15H,6-8,10H2,1-5H3. The van der Waals surface area contributed by atoms with E-state index in [1.165, 1.54) is 6.42 Å². The molecule has 0 bridgehead atoms. The molecule has 0 aliphatic heterocycles. The number of hydrogen-bond donors (Lipinski definition) is 1. The van der Waals surface area contributed by atoms with Gasteiger partial charge in [0.25, 0.3) is 0 Å². The van der Waals surface area contributed by atoms with E-state index in [1.54, 1.807) is 0 Å². The molecule has 3 heteroatoms. The molecular weight excluding hydrogens is 200 g/mol. The molecule has 0 heterocycles. The van der Waals surface area contributed by atoms with E-state index < -0.39 is 5.54 Å². The van der Waals surface area contributed by atoms with Gasteiger partial charge in [0, 0.05) is 12.6 Å². The molecule has 0 saturated heterocycles. The summed E-state index contributed by atoms with van der Waals surface area (Å²) in [7, 11) is 0. The van der Waals surface area contributed by atoms with Crippen LogP contribution in [0.2, 0.25) is 0 Å². The first kappa shape index (κ1) is 15.4. The molecule has 0 aromatic rings. The lowest BCUT2D eigenvalue weighted by molar-refractivity contribution is 0.0879. The highest BCUT2D eigenvalue weighted by Crippen LogP contribution is 2.07. The molecule has 1 atom stereocenters. The maximum Gasteiger partial charge on any atom is 0.127 e. The minimum atomic E-state index is -0.563. The van der Waals surface area contributed by atoms with Gasteiger partial charge in [-0.15, -0.1) is 0 Å². The molecule has 94 valence electrons. The zero-order chi connectivity index (χ0) is 12.6. The van der Waals surface area contributed by atoms with Crippen LogP contribution in [0.1, 0.15) is 47.5 Å². The van der Waals surface area contributed by atoms with Crippen LogP contribution in [0.25, 0.3) is 0 Å². The first-order valence-electron chi connectivity index (χ1n) is 6.16. The average Bonchev–Trinajstić information content (AvgIpc) is 2.15. The molecule has 1 unspecified atom stereocenters. The number of nitrogens with one attached hydrogen (secondary N) is 1. The molecule has 0 aromatic heterocycles. The van der Waals surface area contributed by atoms with Gasteiger partial charge in [0.05, 0.1) is 12.7 Å². The summed E-state index contributed by atoms with van der Waals surface area (Å²) in [5.41, 5.74) is -0.563. The van der Waals surface area contributed by atoms with Crippen molar-refractivity contribution >= 4 is 0 Å². The second-order valence-corrected chi connectivity index (χ2v) is 5.33. The van der Waals surface area contributed by atoms with E-state index in [2.05, 4.69) is 25.2 Å².